The van der Waals surface area contributed by atoms with Crippen LogP contribution >= 0.6 is 11.6 Å². The molecule has 2 aliphatic rings. The van der Waals surface area contributed by atoms with Crippen LogP contribution in [0.3, 0.4) is 0 Å². The molecule has 3 unspecified atom stereocenters. The van der Waals surface area contributed by atoms with Crippen molar-refractivity contribution in [2.45, 2.75) is 43.4 Å². The van der Waals surface area contributed by atoms with Gasteiger partial charge < -0.3 is 4.90 Å². The Kier molecular flexibility index (Phi) is 4.06. The quantitative estimate of drug-likeness (QED) is 0.622. The predicted molar refractivity (Wildman–Crippen MR) is 61.2 cm³/mol. The third-order valence-corrected chi connectivity index (χ3v) is 3.84. The van der Waals surface area contributed by atoms with E-state index in [0.717, 1.165) is 6.42 Å². The number of hydrogen-bond donors (Lipinski definition) is 1. The van der Waals surface area contributed by atoms with E-state index in [0.29, 0.717) is 25.9 Å². The number of carbonyl (C=O) groups is 1. The number of likely N-dealkylation sites (tertiary alicyclic amines) is 1. The van der Waals surface area contributed by atoms with E-state index in [1.54, 1.807) is 4.90 Å². The van der Waals surface area contributed by atoms with Crippen molar-refractivity contribution in [2.24, 2.45) is 5.92 Å². The average Bonchev–Trinajstić information content (AvgIpc) is 2.62. The molecule has 0 aromatic rings. The van der Waals surface area contributed by atoms with E-state index >= 15 is 0 Å². The van der Waals surface area contributed by atoms with E-state index < -0.39 is 17.7 Å². The molecule has 0 radical (unpaired) electrons. The molecule has 0 spiro atoms. The third-order valence-electron chi connectivity index (χ3n) is 3.54. The Balaban J connectivity index is 1.94. The minimum Gasteiger partial charge on any atom is -0.342 e. The molecule has 0 aromatic heterocycles. The first kappa shape index (κ1) is 13.9. The molecule has 2 fully saturated rings. The van der Waals surface area contributed by atoms with Crippen LogP contribution in [0.1, 0.15) is 25.7 Å². The second-order valence-corrected chi connectivity index (χ2v) is 5.54. The first-order chi connectivity index (χ1) is 8.36. The highest BCUT2D eigenvalue weighted by Gasteiger charge is 2.44. The monoisotopic (exact) mass is 284 g/mol. The van der Waals surface area contributed by atoms with E-state index in [1.165, 1.54) is 0 Å². The normalized spacial score (nSPS) is 34.1. The van der Waals surface area contributed by atoms with Crippen LogP contribution in [0.4, 0.5) is 13.2 Å². The summed E-state index contributed by atoms with van der Waals surface area (Å²) < 4.78 is 38.0. The summed E-state index contributed by atoms with van der Waals surface area (Å²) in [6.45, 7) is 1.06. The van der Waals surface area contributed by atoms with Gasteiger partial charge in [0.2, 0.25) is 5.91 Å². The Bertz CT molecular complexity index is 324. The molecule has 3 atom stereocenters. The molecule has 2 saturated heterocycles. The fourth-order valence-electron chi connectivity index (χ4n) is 2.66. The zero-order valence-corrected chi connectivity index (χ0v) is 10.6. The molecule has 0 aliphatic carbocycles. The van der Waals surface area contributed by atoms with Gasteiger partial charge in [-0.3, -0.25) is 10.1 Å². The van der Waals surface area contributed by atoms with Gasteiger partial charge in [0.05, 0.1) is 5.50 Å². The van der Waals surface area contributed by atoms with Gasteiger partial charge in [-0.15, -0.1) is 11.6 Å². The van der Waals surface area contributed by atoms with Crippen LogP contribution in [0, 0.1) is 5.92 Å². The van der Waals surface area contributed by atoms with Crippen molar-refractivity contribution in [1.29, 1.82) is 0 Å². The summed E-state index contributed by atoms with van der Waals surface area (Å²) in [6.07, 6.45) is -2.50. The molecule has 18 heavy (non-hydrogen) atoms. The van der Waals surface area contributed by atoms with Gasteiger partial charge in [0.1, 0.15) is 6.04 Å². The van der Waals surface area contributed by atoms with Gasteiger partial charge in [-0.2, -0.15) is 13.2 Å². The maximum Gasteiger partial charge on any atom is 0.403 e. The highest BCUT2D eigenvalue weighted by Crippen LogP contribution is 2.32. The molecule has 2 rings (SSSR count). The lowest BCUT2D eigenvalue weighted by molar-refractivity contribution is -0.165. The third kappa shape index (κ3) is 3.29. The van der Waals surface area contributed by atoms with Gasteiger partial charge in [0.15, 0.2) is 0 Å². The summed E-state index contributed by atoms with van der Waals surface area (Å²) in [5.74, 6) is -0.134. The minimum atomic E-state index is -4.28. The predicted octanol–water partition coefficient (Wildman–Crippen LogP) is 2.10. The number of nitrogens with one attached hydrogen (secondary N) is 1. The van der Waals surface area contributed by atoms with Crippen LogP contribution in [0.2, 0.25) is 0 Å². The molecule has 104 valence electrons. The van der Waals surface area contributed by atoms with Crippen LogP contribution in [0.25, 0.3) is 0 Å². The number of alkyl halides is 4. The molecule has 2 heterocycles. The number of rotatable bonds is 2. The Morgan fingerprint density at radius 3 is 2.67 bits per heavy atom. The summed E-state index contributed by atoms with van der Waals surface area (Å²) in [7, 11) is 0. The van der Waals surface area contributed by atoms with Crippen molar-refractivity contribution >= 4 is 17.5 Å². The zero-order valence-electron chi connectivity index (χ0n) is 9.84. The summed E-state index contributed by atoms with van der Waals surface area (Å²) >= 11 is 5.82. The largest absolute Gasteiger partial charge is 0.403 e. The van der Waals surface area contributed by atoms with Gasteiger partial charge in [-0.25, -0.2) is 0 Å². The standard InChI is InChI=1S/C11H16ClF3N2O/c12-9-5-7(4-8(16-9)11(13,14)15)6-17-3-1-2-10(17)18/h7-9,16H,1-6H2. The maximum atomic E-state index is 12.7. The summed E-state index contributed by atoms with van der Waals surface area (Å²) in [5, 5.41) is 2.36. The van der Waals surface area contributed by atoms with Gasteiger partial charge in [-0.1, -0.05) is 0 Å². The summed E-state index contributed by atoms with van der Waals surface area (Å²) in [4.78, 5) is 13.1. The lowest BCUT2D eigenvalue weighted by Gasteiger charge is -2.36. The summed E-state index contributed by atoms with van der Waals surface area (Å²) in [5.41, 5.74) is -0.673. The number of nitrogens with zero attached hydrogens (tertiary/aromatic N) is 1. The van der Waals surface area contributed by atoms with E-state index in [4.69, 9.17) is 11.6 Å². The van der Waals surface area contributed by atoms with Gasteiger partial charge in [0.25, 0.3) is 0 Å². The van der Waals surface area contributed by atoms with Crippen LogP contribution in [-0.4, -0.2) is 41.6 Å². The van der Waals surface area contributed by atoms with Crippen molar-refractivity contribution in [2.75, 3.05) is 13.1 Å². The van der Waals surface area contributed by atoms with Gasteiger partial charge in [0, 0.05) is 19.5 Å². The SMILES string of the molecule is O=C1CCCN1CC1CC(Cl)NC(C(F)(F)F)C1. The molecular formula is C11H16ClF3N2O. The average molecular weight is 285 g/mol. The van der Waals surface area contributed by atoms with E-state index in [-0.39, 0.29) is 18.2 Å². The van der Waals surface area contributed by atoms with Crippen molar-refractivity contribution in [1.82, 2.24) is 10.2 Å². The molecule has 0 bridgehead atoms. The number of halogens is 4. The fraction of sp³-hybridized carbons (Fsp3) is 0.909. The molecule has 3 nitrogen and oxygen atoms in total. The Morgan fingerprint density at radius 2 is 2.11 bits per heavy atom. The van der Waals surface area contributed by atoms with Crippen LogP contribution < -0.4 is 5.32 Å². The Hall–Kier alpha value is -0.490. The van der Waals surface area contributed by atoms with Crippen molar-refractivity contribution in [3.8, 4) is 0 Å². The molecule has 1 amide bonds. The Morgan fingerprint density at radius 1 is 1.39 bits per heavy atom. The number of piperidine rings is 1. The van der Waals surface area contributed by atoms with Crippen LogP contribution in [-0.2, 0) is 4.79 Å². The molecular weight excluding hydrogens is 269 g/mol. The summed E-state index contributed by atoms with van der Waals surface area (Å²) in [6, 6.07) is -1.56. The maximum absolute atomic E-state index is 12.7. The van der Waals surface area contributed by atoms with E-state index in [1.807, 2.05) is 0 Å². The van der Waals surface area contributed by atoms with Crippen molar-refractivity contribution in [3.05, 3.63) is 0 Å². The van der Waals surface area contributed by atoms with E-state index in [2.05, 4.69) is 5.32 Å². The highest BCUT2D eigenvalue weighted by molar-refractivity contribution is 6.20. The number of amides is 1. The van der Waals surface area contributed by atoms with Gasteiger partial charge >= 0.3 is 6.18 Å². The van der Waals surface area contributed by atoms with Crippen molar-refractivity contribution < 1.29 is 18.0 Å². The van der Waals surface area contributed by atoms with Crippen LogP contribution in [0.15, 0.2) is 0 Å². The first-order valence-corrected chi connectivity index (χ1v) is 6.54. The molecule has 2 aliphatic heterocycles. The number of hydrogen-bond acceptors (Lipinski definition) is 2. The first-order valence-electron chi connectivity index (χ1n) is 6.11. The van der Waals surface area contributed by atoms with E-state index in [9.17, 15) is 18.0 Å². The Labute approximate surface area is 109 Å². The number of carbonyl (C=O) groups excluding carboxylic acids is 1. The molecule has 1 N–H and O–H groups in total. The smallest absolute Gasteiger partial charge is 0.342 e. The fourth-order valence-corrected chi connectivity index (χ4v) is 3.07. The molecule has 0 saturated carbocycles. The second kappa shape index (κ2) is 5.25. The zero-order chi connectivity index (χ0) is 13.3. The molecule has 0 aromatic carbocycles. The van der Waals surface area contributed by atoms with Crippen LogP contribution in [0.5, 0.6) is 0 Å². The lowest BCUT2D eigenvalue weighted by Crippen LogP contribution is -2.52. The topological polar surface area (TPSA) is 32.3 Å². The minimum absolute atomic E-state index is 0.00347. The lowest BCUT2D eigenvalue weighted by atomic mass is 9.91. The highest BCUT2D eigenvalue weighted by atomic mass is 35.5. The second-order valence-electron chi connectivity index (χ2n) is 5.01. The van der Waals surface area contributed by atoms with Gasteiger partial charge in [-0.05, 0) is 25.2 Å². The molecule has 7 heteroatoms. The van der Waals surface area contributed by atoms with Crippen molar-refractivity contribution in [3.63, 3.8) is 0 Å².